The number of ether oxygens (including phenoxy) is 1. The first-order chi connectivity index (χ1) is 11.7. The molecule has 1 aromatic carbocycles. The van der Waals surface area contributed by atoms with E-state index < -0.39 is 0 Å². The molecule has 1 aliphatic heterocycles. The van der Waals surface area contributed by atoms with Crippen LogP contribution in [0.1, 0.15) is 6.42 Å². The number of aromatic nitrogens is 2. The van der Waals surface area contributed by atoms with Crippen molar-refractivity contribution in [1.82, 2.24) is 9.97 Å². The topological polar surface area (TPSA) is 61.4 Å². The van der Waals surface area contributed by atoms with E-state index in [0.29, 0.717) is 17.4 Å². The third-order valence-corrected chi connectivity index (χ3v) is 4.77. The highest BCUT2D eigenvalue weighted by Crippen LogP contribution is 2.37. The van der Waals surface area contributed by atoms with Gasteiger partial charge < -0.3 is 19.7 Å². The van der Waals surface area contributed by atoms with E-state index in [-0.39, 0.29) is 6.10 Å². The molecule has 4 rings (SSSR count). The van der Waals surface area contributed by atoms with Crippen LogP contribution >= 0.6 is 11.6 Å². The van der Waals surface area contributed by atoms with Crippen molar-refractivity contribution < 1.29 is 9.84 Å². The summed E-state index contributed by atoms with van der Waals surface area (Å²) >= 11 is 6.46. The van der Waals surface area contributed by atoms with E-state index in [0.717, 1.165) is 40.8 Å². The van der Waals surface area contributed by atoms with Gasteiger partial charge in [0.25, 0.3) is 0 Å². The number of rotatable bonds is 3. The van der Waals surface area contributed by atoms with Crippen LogP contribution in [0.5, 0.6) is 5.88 Å². The van der Waals surface area contributed by atoms with Gasteiger partial charge in [-0.05, 0) is 36.8 Å². The molecule has 2 aromatic heterocycles. The average molecular weight is 344 g/mol. The molecule has 0 bridgehead atoms. The molecule has 0 amide bonds. The highest BCUT2D eigenvalue weighted by Gasteiger charge is 2.23. The highest BCUT2D eigenvalue weighted by atomic mass is 35.5. The standard InChI is InChI=1S/C18H18ClN3O2/c1-24-18-13(2-3-17(21-18)22-7-5-12(23)10-22)14-8-11-4-6-20-16(11)9-15(14)19/h2-4,6,8-9,12,20,23H,5,7,10H2,1H3. The van der Waals surface area contributed by atoms with E-state index in [1.54, 1.807) is 7.11 Å². The Balaban J connectivity index is 1.77. The first kappa shape index (κ1) is 15.3. The lowest BCUT2D eigenvalue weighted by Crippen LogP contribution is -2.22. The molecule has 3 aromatic rings. The van der Waals surface area contributed by atoms with Crippen LogP contribution < -0.4 is 9.64 Å². The van der Waals surface area contributed by atoms with Gasteiger partial charge >= 0.3 is 0 Å². The monoisotopic (exact) mass is 343 g/mol. The molecule has 0 aliphatic carbocycles. The number of hydrogen-bond acceptors (Lipinski definition) is 4. The molecule has 1 aliphatic rings. The lowest BCUT2D eigenvalue weighted by atomic mass is 10.0. The van der Waals surface area contributed by atoms with Crippen LogP contribution in [0, 0.1) is 0 Å². The van der Waals surface area contributed by atoms with Gasteiger partial charge in [-0.25, -0.2) is 0 Å². The number of nitrogens with zero attached hydrogens (tertiary/aromatic N) is 2. The lowest BCUT2D eigenvalue weighted by Gasteiger charge is -2.18. The summed E-state index contributed by atoms with van der Waals surface area (Å²) in [6, 6.07) is 9.89. The van der Waals surface area contributed by atoms with Crippen molar-refractivity contribution in [3.63, 3.8) is 0 Å². The van der Waals surface area contributed by atoms with Gasteiger partial charge in [0.2, 0.25) is 5.88 Å². The van der Waals surface area contributed by atoms with Crippen LogP contribution in [0.2, 0.25) is 5.02 Å². The number of H-pyrrole nitrogens is 1. The molecular formula is C18H18ClN3O2. The van der Waals surface area contributed by atoms with Gasteiger partial charge in [0.15, 0.2) is 0 Å². The van der Waals surface area contributed by atoms with E-state index in [4.69, 9.17) is 16.3 Å². The quantitative estimate of drug-likeness (QED) is 0.764. The molecule has 2 N–H and O–H groups in total. The molecule has 24 heavy (non-hydrogen) atoms. The van der Waals surface area contributed by atoms with Crippen molar-refractivity contribution in [3.8, 4) is 17.0 Å². The Kier molecular flexibility index (Phi) is 3.82. The number of aliphatic hydroxyl groups is 1. The second-order valence-electron chi connectivity index (χ2n) is 6.01. The molecule has 124 valence electrons. The van der Waals surface area contributed by atoms with Crippen molar-refractivity contribution in [3.05, 3.63) is 41.6 Å². The minimum absolute atomic E-state index is 0.289. The van der Waals surface area contributed by atoms with E-state index in [1.165, 1.54) is 0 Å². The third kappa shape index (κ3) is 2.60. The van der Waals surface area contributed by atoms with Gasteiger partial charge in [0.1, 0.15) is 5.82 Å². The third-order valence-electron chi connectivity index (χ3n) is 4.46. The maximum absolute atomic E-state index is 9.72. The molecular weight excluding hydrogens is 326 g/mol. The Labute approximate surface area is 144 Å². The largest absolute Gasteiger partial charge is 0.480 e. The number of halogens is 1. The molecule has 1 atom stereocenters. The summed E-state index contributed by atoms with van der Waals surface area (Å²) in [5.41, 5.74) is 2.74. The van der Waals surface area contributed by atoms with E-state index >= 15 is 0 Å². The number of hydrogen-bond donors (Lipinski definition) is 2. The van der Waals surface area contributed by atoms with Crippen molar-refractivity contribution in [2.75, 3.05) is 25.1 Å². The Bertz CT molecular complexity index is 893. The molecule has 3 heterocycles. The highest BCUT2D eigenvalue weighted by molar-refractivity contribution is 6.34. The zero-order chi connectivity index (χ0) is 16.7. The number of methoxy groups -OCH3 is 1. The van der Waals surface area contributed by atoms with Gasteiger partial charge in [0.05, 0.1) is 18.2 Å². The van der Waals surface area contributed by atoms with Crippen molar-refractivity contribution in [2.45, 2.75) is 12.5 Å². The molecule has 0 radical (unpaired) electrons. The fourth-order valence-corrected chi connectivity index (χ4v) is 3.46. The Morgan fingerprint density at radius 1 is 1.29 bits per heavy atom. The first-order valence-electron chi connectivity index (χ1n) is 7.91. The summed E-state index contributed by atoms with van der Waals surface area (Å²) in [6.07, 6.45) is 2.37. The van der Waals surface area contributed by atoms with Crippen LogP contribution in [0.15, 0.2) is 36.5 Å². The smallest absolute Gasteiger partial charge is 0.223 e. The molecule has 0 spiro atoms. The summed E-state index contributed by atoms with van der Waals surface area (Å²) in [7, 11) is 1.61. The number of benzene rings is 1. The summed E-state index contributed by atoms with van der Waals surface area (Å²) in [5, 5.41) is 11.4. The number of aromatic amines is 1. The fourth-order valence-electron chi connectivity index (χ4n) is 3.20. The van der Waals surface area contributed by atoms with Crippen molar-refractivity contribution in [2.24, 2.45) is 0 Å². The van der Waals surface area contributed by atoms with Crippen molar-refractivity contribution >= 4 is 28.3 Å². The van der Waals surface area contributed by atoms with Crippen LogP contribution in [-0.2, 0) is 0 Å². The van der Waals surface area contributed by atoms with E-state index in [9.17, 15) is 5.11 Å². The number of β-amino-alcohol motifs (C(OH)–C–C–N with tert-alkyl or cyclic N) is 1. The molecule has 0 saturated carbocycles. The lowest BCUT2D eigenvalue weighted by molar-refractivity contribution is 0.198. The van der Waals surface area contributed by atoms with Crippen LogP contribution in [0.3, 0.4) is 0 Å². The molecule has 1 saturated heterocycles. The second kappa shape index (κ2) is 6.00. The summed E-state index contributed by atoms with van der Waals surface area (Å²) < 4.78 is 5.51. The maximum atomic E-state index is 9.72. The fraction of sp³-hybridized carbons (Fsp3) is 0.278. The van der Waals surface area contributed by atoms with Gasteiger partial charge in [-0.15, -0.1) is 0 Å². The predicted octanol–water partition coefficient (Wildman–Crippen LogP) is 3.46. The second-order valence-corrected chi connectivity index (χ2v) is 6.42. The molecule has 5 nitrogen and oxygen atoms in total. The van der Waals surface area contributed by atoms with Crippen LogP contribution in [-0.4, -0.2) is 41.4 Å². The van der Waals surface area contributed by atoms with Crippen LogP contribution in [0.4, 0.5) is 5.82 Å². The van der Waals surface area contributed by atoms with Crippen LogP contribution in [0.25, 0.3) is 22.0 Å². The van der Waals surface area contributed by atoms with E-state index in [2.05, 4.69) is 14.9 Å². The number of aliphatic hydroxyl groups excluding tert-OH is 1. The Morgan fingerprint density at radius 2 is 2.17 bits per heavy atom. The first-order valence-corrected chi connectivity index (χ1v) is 8.28. The molecule has 1 unspecified atom stereocenters. The van der Waals surface area contributed by atoms with Gasteiger partial charge in [0, 0.05) is 41.3 Å². The molecule has 6 heteroatoms. The van der Waals surface area contributed by atoms with Crippen molar-refractivity contribution in [1.29, 1.82) is 0 Å². The summed E-state index contributed by atoms with van der Waals surface area (Å²) in [5.74, 6) is 1.34. The predicted molar refractivity (Wildman–Crippen MR) is 95.9 cm³/mol. The number of nitrogens with one attached hydrogen (secondary N) is 1. The number of anilines is 1. The summed E-state index contributed by atoms with van der Waals surface area (Å²) in [4.78, 5) is 9.84. The zero-order valence-corrected chi connectivity index (χ0v) is 14.0. The maximum Gasteiger partial charge on any atom is 0.223 e. The minimum Gasteiger partial charge on any atom is -0.480 e. The SMILES string of the molecule is COc1nc(N2CCC(O)C2)ccc1-c1cc2cc[nH]c2cc1Cl. The van der Waals surface area contributed by atoms with E-state index in [1.807, 2.05) is 36.5 Å². The van der Waals surface area contributed by atoms with Gasteiger partial charge in [-0.3, -0.25) is 0 Å². The molecule has 1 fully saturated rings. The average Bonchev–Trinajstić information content (AvgIpc) is 3.22. The Hall–Kier alpha value is -2.24. The number of pyridine rings is 1. The van der Waals surface area contributed by atoms with Gasteiger partial charge in [-0.2, -0.15) is 4.98 Å². The summed E-state index contributed by atoms with van der Waals surface area (Å²) in [6.45, 7) is 1.40. The zero-order valence-electron chi connectivity index (χ0n) is 13.3. The normalized spacial score (nSPS) is 17.6. The Morgan fingerprint density at radius 3 is 2.92 bits per heavy atom. The van der Waals surface area contributed by atoms with Gasteiger partial charge in [-0.1, -0.05) is 11.6 Å². The number of fused-ring (bicyclic) bond motifs is 1. The minimum atomic E-state index is -0.289.